The highest BCUT2D eigenvalue weighted by atomic mass is 17.2. The van der Waals surface area contributed by atoms with Crippen LogP contribution in [0.4, 0.5) is 0 Å². The lowest BCUT2D eigenvalue weighted by Crippen LogP contribution is -2.43. The first-order chi connectivity index (χ1) is 9.11. The lowest BCUT2D eigenvalue weighted by Gasteiger charge is -2.31. The summed E-state index contributed by atoms with van der Waals surface area (Å²) in [6.07, 6.45) is 3.00. The fraction of sp³-hybridized carbons (Fsp3) is 0.846. The van der Waals surface area contributed by atoms with Gasteiger partial charge in [0.2, 0.25) is 5.91 Å². The summed E-state index contributed by atoms with van der Waals surface area (Å²) in [5, 5.41) is 9.20. The summed E-state index contributed by atoms with van der Waals surface area (Å²) in [6, 6.07) is 0. The molecule has 1 aliphatic rings. The van der Waals surface area contributed by atoms with Gasteiger partial charge in [0.1, 0.15) is 0 Å². The van der Waals surface area contributed by atoms with Gasteiger partial charge in [-0.3, -0.25) is 9.59 Å². The quantitative estimate of drug-likeness (QED) is 0.330. The van der Waals surface area contributed by atoms with Crippen LogP contribution in [-0.2, 0) is 19.4 Å². The SMILES string of the molecule is CCOOCN(CC)C(=O)[C@@H]1CCCC[C@H]1C(=O)O. The Hall–Kier alpha value is -1.14. The van der Waals surface area contributed by atoms with E-state index in [0.29, 0.717) is 26.0 Å². The average molecular weight is 273 g/mol. The van der Waals surface area contributed by atoms with Crippen LogP contribution in [0.25, 0.3) is 0 Å². The zero-order valence-corrected chi connectivity index (χ0v) is 11.6. The molecule has 0 aromatic heterocycles. The van der Waals surface area contributed by atoms with E-state index in [0.717, 1.165) is 12.8 Å². The molecule has 0 radical (unpaired) electrons. The Balaban J connectivity index is 2.63. The molecule has 0 saturated heterocycles. The van der Waals surface area contributed by atoms with Crippen molar-refractivity contribution in [2.24, 2.45) is 11.8 Å². The lowest BCUT2D eigenvalue weighted by molar-refractivity contribution is -0.309. The molecule has 0 unspecified atom stereocenters. The molecule has 1 fully saturated rings. The van der Waals surface area contributed by atoms with Gasteiger partial charge in [-0.1, -0.05) is 12.8 Å². The summed E-state index contributed by atoms with van der Waals surface area (Å²) in [5.74, 6) is -2.02. The minimum atomic E-state index is -0.875. The Morgan fingerprint density at radius 1 is 1.16 bits per heavy atom. The van der Waals surface area contributed by atoms with E-state index in [-0.39, 0.29) is 12.6 Å². The van der Waals surface area contributed by atoms with Crippen LogP contribution in [0.2, 0.25) is 0 Å². The number of hydrogen-bond acceptors (Lipinski definition) is 4. The molecule has 0 spiro atoms. The van der Waals surface area contributed by atoms with E-state index in [4.69, 9.17) is 9.78 Å². The summed E-state index contributed by atoms with van der Waals surface area (Å²) in [4.78, 5) is 34.7. The number of aliphatic carboxylic acids is 1. The molecule has 0 aromatic carbocycles. The molecule has 6 heteroatoms. The van der Waals surface area contributed by atoms with Gasteiger partial charge in [-0.15, -0.1) is 0 Å². The summed E-state index contributed by atoms with van der Waals surface area (Å²) in [6.45, 7) is 4.57. The fourth-order valence-electron chi connectivity index (χ4n) is 2.45. The van der Waals surface area contributed by atoms with Crippen LogP contribution in [0, 0.1) is 11.8 Å². The smallest absolute Gasteiger partial charge is 0.307 e. The second-order valence-corrected chi connectivity index (χ2v) is 4.68. The summed E-state index contributed by atoms with van der Waals surface area (Å²) < 4.78 is 0. The Morgan fingerprint density at radius 3 is 2.32 bits per heavy atom. The van der Waals surface area contributed by atoms with Crippen LogP contribution >= 0.6 is 0 Å². The molecule has 0 heterocycles. The van der Waals surface area contributed by atoms with Gasteiger partial charge in [0.05, 0.1) is 18.4 Å². The predicted octanol–water partition coefficient (Wildman–Crippen LogP) is 1.65. The highest BCUT2D eigenvalue weighted by molar-refractivity contribution is 5.84. The molecule has 6 nitrogen and oxygen atoms in total. The highest BCUT2D eigenvalue weighted by Crippen LogP contribution is 2.31. The van der Waals surface area contributed by atoms with Crippen LogP contribution in [-0.4, -0.2) is 41.8 Å². The summed E-state index contributed by atoms with van der Waals surface area (Å²) >= 11 is 0. The Bertz CT molecular complexity index is 307. The molecule has 0 bridgehead atoms. The van der Waals surface area contributed by atoms with Gasteiger partial charge in [0.15, 0.2) is 6.73 Å². The zero-order valence-electron chi connectivity index (χ0n) is 11.6. The highest BCUT2D eigenvalue weighted by Gasteiger charge is 2.37. The molecular formula is C13H23NO5. The van der Waals surface area contributed by atoms with E-state index in [1.54, 1.807) is 6.92 Å². The predicted molar refractivity (Wildman–Crippen MR) is 68.0 cm³/mol. The molecule has 2 atom stereocenters. The number of amides is 1. The van der Waals surface area contributed by atoms with Crippen molar-refractivity contribution in [1.82, 2.24) is 4.90 Å². The number of carbonyl (C=O) groups is 2. The number of carboxylic acids is 1. The molecule has 1 rings (SSSR count). The molecule has 19 heavy (non-hydrogen) atoms. The molecule has 1 aliphatic carbocycles. The molecule has 0 aliphatic heterocycles. The molecule has 110 valence electrons. The van der Waals surface area contributed by atoms with Crippen molar-refractivity contribution in [2.75, 3.05) is 19.9 Å². The first-order valence-electron chi connectivity index (χ1n) is 6.87. The van der Waals surface area contributed by atoms with Crippen molar-refractivity contribution in [2.45, 2.75) is 39.5 Å². The van der Waals surface area contributed by atoms with Gasteiger partial charge >= 0.3 is 5.97 Å². The monoisotopic (exact) mass is 273 g/mol. The first kappa shape index (κ1) is 15.9. The molecule has 1 amide bonds. The largest absolute Gasteiger partial charge is 0.481 e. The van der Waals surface area contributed by atoms with Crippen molar-refractivity contribution < 1.29 is 24.5 Å². The van der Waals surface area contributed by atoms with E-state index in [1.807, 2.05) is 6.92 Å². The van der Waals surface area contributed by atoms with Gasteiger partial charge in [-0.05, 0) is 26.7 Å². The normalized spacial score (nSPS) is 23.1. The molecule has 1 saturated carbocycles. The van der Waals surface area contributed by atoms with Gasteiger partial charge in [-0.25, -0.2) is 9.78 Å². The minimum absolute atomic E-state index is 0.0476. The van der Waals surface area contributed by atoms with Crippen LogP contribution in [0.5, 0.6) is 0 Å². The van der Waals surface area contributed by atoms with Crippen LogP contribution in [0.1, 0.15) is 39.5 Å². The van der Waals surface area contributed by atoms with Gasteiger partial charge in [-0.2, -0.15) is 0 Å². The number of rotatable bonds is 7. The van der Waals surface area contributed by atoms with Gasteiger partial charge < -0.3 is 10.0 Å². The van der Waals surface area contributed by atoms with Crippen molar-refractivity contribution in [3.8, 4) is 0 Å². The number of carbonyl (C=O) groups excluding carboxylic acids is 1. The fourth-order valence-corrected chi connectivity index (χ4v) is 2.45. The molecule has 0 aromatic rings. The zero-order chi connectivity index (χ0) is 14.3. The average Bonchev–Trinajstić information content (AvgIpc) is 2.43. The first-order valence-corrected chi connectivity index (χ1v) is 6.87. The second-order valence-electron chi connectivity index (χ2n) is 4.68. The maximum atomic E-state index is 12.4. The van der Waals surface area contributed by atoms with E-state index >= 15 is 0 Å². The standard InChI is InChI=1S/C13H23NO5/c1-3-14(9-19-18-4-2)12(15)10-7-5-6-8-11(10)13(16)17/h10-11H,3-9H2,1-2H3,(H,16,17)/t10-,11-/m1/s1. The van der Waals surface area contributed by atoms with Crippen molar-refractivity contribution >= 4 is 11.9 Å². The Kier molecular flexibility index (Phi) is 6.80. The Morgan fingerprint density at radius 2 is 1.79 bits per heavy atom. The summed E-state index contributed by atoms with van der Waals surface area (Å²) in [7, 11) is 0. The summed E-state index contributed by atoms with van der Waals surface area (Å²) in [5.41, 5.74) is 0. The minimum Gasteiger partial charge on any atom is -0.481 e. The van der Waals surface area contributed by atoms with Crippen LogP contribution in [0.15, 0.2) is 0 Å². The number of carboxylic acid groups (broad SMARTS) is 1. The third kappa shape index (κ3) is 4.47. The van der Waals surface area contributed by atoms with E-state index in [9.17, 15) is 14.7 Å². The second kappa shape index (κ2) is 8.12. The maximum Gasteiger partial charge on any atom is 0.307 e. The lowest BCUT2D eigenvalue weighted by atomic mass is 9.78. The van der Waals surface area contributed by atoms with Crippen molar-refractivity contribution in [3.05, 3.63) is 0 Å². The van der Waals surface area contributed by atoms with Crippen molar-refractivity contribution in [1.29, 1.82) is 0 Å². The van der Waals surface area contributed by atoms with Crippen LogP contribution < -0.4 is 0 Å². The third-order valence-electron chi connectivity index (χ3n) is 3.50. The van der Waals surface area contributed by atoms with E-state index < -0.39 is 17.8 Å². The number of hydrogen-bond donors (Lipinski definition) is 1. The molecule has 1 N–H and O–H groups in total. The van der Waals surface area contributed by atoms with E-state index in [1.165, 1.54) is 4.90 Å². The van der Waals surface area contributed by atoms with Gasteiger partial charge in [0, 0.05) is 6.54 Å². The Labute approximate surface area is 113 Å². The maximum absolute atomic E-state index is 12.4. The number of nitrogens with zero attached hydrogens (tertiary/aromatic N) is 1. The van der Waals surface area contributed by atoms with E-state index in [2.05, 4.69) is 0 Å². The van der Waals surface area contributed by atoms with Gasteiger partial charge in [0.25, 0.3) is 0 Å². The van der Waals surface area contributed by atoms with Crippen molar-refractivity contribution in [3.63, 3.8) is 0 Å². The molecular weight excluding hydrogens is 250 g/mol. The topological polar surface area (TPSA) is 76.1 Å². The third-order valence-corrected chi connectivity index (χ3v) is 3.50. The van der Waals surface area contributed by atoms with Crippen LogP contribution in [0.3, 0.4) is 0 Å².